The van der Waals surface area contributed by atoms with E-state index in [0.29, 0.717) is 19.5 Å². The maximum absolute atomic E-state index is 12.6. The molecule has 10 heteroatoms. The molecule has 1 amide bonds. The molecule has 2 aliphatic heterocycles. The third-order valence-corrected chi connectivity index (χ3v) is 5.90. The van der Waals surface area contributed by atoms with Gasteiger partial charge in [0.15, 0.2) is 0 Å². The summed E-state index contributed by atoms with van der Waals surface area (Å²) in [6.45, 7) is 5.19. The van der Waals surface area contributed by atoms with Crippen LogP contribution >= 0.6 is 0 Å². The van der Waals surface area contributed by atoms with Gasteiger partial charge in [-0.2, -0.15) is 0 Å². The maximum Gasteiger partial charge on any atom is 0.224 e. The van der Waals surface area contributed by atoms with Crippen molar-refractivity contribution < 1.29 is 4.79 Å². The second-order valence-corrected chi connectivity index (χ2v) is 7.87. The number of rotatable bonds is 6. The second-order valence-electron chi connectivity index (χ2n) is 7.87. The van der Waals surface area contributed by atoms with Crippen molar-refractivity contribution in [2.24, 2.45) is 7.05 Å². The summed E-state index contributed by atoms with van der Waals surface area (Å²) in [6.07, 6.45) is 7.87. The molecule has 4 heterocycles. The lowest BCUT2D eigenvalue weighted by molar-refractivity contribution is -0.132. The van der Waals surface area contributed by atoms with Crippen LogP contribution in [0.2, 0.25) is 0 Å². The Labute approximate surface area is 164 Å². The molecule has 0 N–H and O–H groups in total. The molecule has 0 spiro atoms. The summed E-state index contributed by atoms with van der Waals surface area (Å²) in [5.74, 6) is 2.43. The average Bonchev–Trinajstić information content (AvgIpc) is 3.37. The van der Waals surface area contributed by atoms with Gasteiger partial charge in [0.25, 0.3) is 0 Å². The van der Waals surface area contributed by atoms with E-state index in [9.17, 15) is 4.79 Å². The number of hydrogen-bond acceptors (Lipinski definition) is 7. The fraction of sp³-hybridized carbons (Fsp3) is 0.778. The predicted molar refractivity (Wildman–Crippen MR) is 101 cm³/mol. The first-order valence-electron chi connectivity index (χ1n) is 10.3. The SMILES string of the molecule is Cn1c(CN2CCCCC2)nnc1[C@H]1CCCN(C(=O)CCn2cnnn2)C1. The van der Waals surface area contributed by atoms with Gasteiger partial charge >= 0.3 is 0 Å². The number of aromatic nitrogens is 7. The monoisotopic (exact) mass is 387 g/mol. The molecule has 0 unspecified atom stereocenters. The van der Waals surface area contributed by atoms with Crippen molar-refractivity contribution in [3.63, 3.8) is 0 Å². The summed E-state index contributed by atoms with van der Waals surface area (Å²) in [6, 6.07) is 0. The summed E-state index contributed by atoms with van der Waals surface area (Å²) in [5.41, 5.74) is 0. The highest BCUT2D eigenvalue weighted by atomic mass is 16.2. The van der Waals surface area contributed by atoms with Crippen LogP contribution < -0.4 is 0 Å². The molecule has 2 aromatic rings. The molecular formula is C18H29N9O. The first kappa shape index (κ1) is 19.0. The number of nitrogens with zero attached hydrogens (tertiary/aromatic N) is 9. The van der Waals surface area contributed by atoms with Crippen LogP contribution in [-0.4, -0.2) is 76.9 Å². The highest BCUT2D eigenvalue weighted by Gasteiger charge is 2.28. The van der Waals surface area contributed by atoms with Gasteiger partial charge in [0, 0.05) is 32.5 Å². The van der Waals surface area contributed by atoms with Gasteiger partial charge in [0.2, 0.25) is 5.91 Å². The number of piperidine rings is 2. The molecule has 10 nitrogen and oxygen atoms in total. The molecule has 0 aromatic carbocycles. The van der Waals surface area contributed by atoms with Gasteiger partial charge in [-0.15, -0.1) is 15.3 Å². The van der Waals surface area contributed by atoms with Crippen LogP contribution in [0.5, 0.6) is 0 Å². The first-order chi connectivity index (χ1) is 13.7. The van der Waals surface area contributed by atoms with Crippen molar-refractivity contribution in [3.8, 4) is 0 Å². The summed E-state index contributed by atoms with van der Waals surface area (Å²) in [5, 5.41) is 20.0. The van der Waals surface area contributed by atoms with Crippen LogP contribution in [0.1, 0.15) is 56.1 Å². The van der Waals surface area contributed by atoms with Gasteiger partial charge in [-0.05, 0) is 49.2 Å². The van der Waals surface area contributed by atoms with Crippen molar-refractivity contribution in [1.29, 1.82) is 0 Å². The molecular weight excluding hydrogens is 358 g/mol. The van der Waals surface area contributed by atoms with Crippen LogP contribution in [0.4, 0.5) is 0 Å². The number of amides is 1. The molecule has 0 bridgehead atoms. The van der Waals surface area contributed by atoms with Crippen LogP contribution in [-0.2, 0) is 24.9 Å². The van der Waals surface area contributed by atoms with Crippen molar-refractivity contribution in [2.45, 2.75) is 57.5 Å². The van der Waals surface area contributed by atoms with Crippen molar-refractivity contribution >= 4 is 5.91 Å². The minimum atomic E-state index is 0.149. The molecule has 152 valence electrons. The van der Waals surface area contributed by atoms with Gasteiger partial charge in [-0.3, -0.25) is 9.69 Å². The lowest BCUT2D eigenvalue weighted by Gasteiger charge is -2.32. The van der Waals surface area contributed by atoms with Gasteiger partial charge in [0.1, 0.15) is 18.0 Å². The molecule has 2 saturated heterocycles. The standard InChI is InChI=1S/C18H29N9O/c1-24-16(13-25-8-3-2-4-9-25)20-21-18(24)15-6-5-10-26(12-15)17(28)7-11-27-14-19-22-23-27/h14-15H,2-13H2,1H3/t15-/m0/s1. The Balaban J connectivity index is 1.35. The number of hydrogen-bond donors (Lipinski definition) is 0. The number of aryl methyl sites for hydroxylation is 1. The fourth-order valence-electron chi connectivity index (χ4n) is 4.25. The zero-order valence-corrected chi connectivity index (χ0v) is 16.6. The summed E-state index contributed by atoms with van der Waals surface area (Å²) in [4.78, 5) is 17.0. The smallest absolute Gasteiger partial charge is 0.224 e. The predicted octanol–water partition coefficient (Wildman–Crippen LogP) is 0.584. The Bertz CT molecular complexity index is 766. The molecule has 0 saturated carbocycles. The first-order valence-corrected chi connectivity index (χ1v) is 10.3. The van der Waals surface area contributed by atoms with Crippen LogP contribution in [0.3, 0.4) is 0 Å². The fourth-order valence-corrected chi connectivity index (χ4v) is 4.25. The van der Waals surface area contributed by atoms with Gasteiger partial charge < -0.3 is 9.47 Å². The third kappa shape index (κ3) is 4.37. The van der Waals surface area contributed by atoms with Gasteiger partial charge in [0.05, 0.1) is 13.1 Å². The van der Waals surface area contributed by atoms with E-state index in [0.717, 1.165) is 50.7 Å². The largest absolute Gasteiger partial charge is 0.342 e. The molecule has 0 aliphatic carbocycles. The second kappa shape index (κ2) is 8.76. The van der Waals surface area contributed by atoms with E-state index in [1.807, 2.05) is 4.90 Å². The topological polar surface area (TPSA) is 97.9 Å². The van der Waals surface area contributed by atoms with Crippen molar-refractivity contribution in [1.82, 2.24) is 44.8 Å². The summed E-state index contributed by atoms with van der Waals surface area (Å²) in [7, 11) is 2.06. The highest BCUT2D eigenvalue weighted by Crippen LogP contribution is 2.26. The highest BCUT2D eigenvalue weighted by molar-refractivity contribution is 5.76. The van der Waals surface area contributed by atoms with E-state index in [1.54, 1.807) is 4.68 Å². The van der Waals surface area contributed by atoms with Crippen LogP contribution in [0.25, 0.3) is 0 Å². The van der Waals surface area contributed by atoms with Crippen LogP contribution in [0.15, 0.2) is 6.33 Å². The van der Waals surface area contributed by atoms with Crippen molar-refractivity contribution in [3.05, 3.63) is 18.0 Å². The van der Waals surface area contributed by atoms with E-state index in [1.165, 1.54) is 25.6 Å². The molecule has 4 rings (SSSR count). The number of tetrazole rings is 1. The van der Waals surface area contributed by atoms with E-state index in [4.69, 9.17) is 0 Å². The molecule has 2 fully saturated rings. The lowest BCUT2D eigenvalue weighted by Crippen LogP contribution is -2.40. The van der Waals surface area contributed by atoms with Crippen molar-refractivity contribution in [2.75, 3.05) is 26.2 Å². The normalized spacial score (nSPS) is 21.2. The van der Waals surface area contributed by atoms with E-state index in [2.05, 4.69) is 42.2 Å². The average molecular weight is 387 g/mol. The maximum atomic E-state index is 12.6. The van der Waals surface area contributed by atoms with E-state index >= 15 is 0 Å². The summed E-state index contributed by atoms with van der Waals surface area (Å²) >= 11 is 0. The van der Waals surface area contributed by atoms with E-state index < -0.39 is 0 Å². The zero-order valence-electron chi connectivity index (χ0n) is 16.6. The third-order valence-electron chi connectivity index (χ3n) is 5.90. The molecule has 28 heavy (non-hydrogen) atoms. The minimum Gasteiger partial charge on any atom is -0.342 e. The molecule has 1 atom stereocenters. The lowest BCUT2D eigenvalue weighted by atomic mass is 9.97. The Morgan fingerprint density at radius 3 is 2.79 bits per heavy atom. The molecule has 0 radical (unpaired) electrons. The quantitative estimate of drug-likeness (QED) is 0.715. The number of likely N-dealkylation sites (tertiary alicyclic amines) is 2. The van der Waals surface area contributed by atoms with Crippen LogP contribution in [0, 0.1) is 0 Å². The molecule has 2 aromatic heterocycles. The number of carbonyl (C=O) groups excluding carboxylic acids is 1. The Morgan fingerprint density at radius 1 is 1.14 bits per heavy atom. The van der Waals surface area contributed by atoms with Gasteiger partial charge in [-0.25, -0.2) is 4.68 Å². The number of carbonyl (C=O) groups is 1. The Morgan fingerprint density at radius 2 is 2.00 bits per heavy atom. The Kier molecular flexibility index (Phi) is 5.94. The Hall–Kier alpha value is -2.36. The summed E-state index contributed by atoms with van der Waals surface area (Å²) < 4.78 is 3.74. The zero-order chi connectivity index (χ0) is 19.3. The minimum absolute atomic E-state index is 0.149. The van der Waals surface area contributed by atoms with E-state index in [-0.39, 0.29) is 11.8 Å². The molecule has 2 aliphatic rings. The van der Waals surface area contributed by atoms with Gasteiger partial charge in [-0.1, -0.05) is 6.42 Å².